The zero-order chi connectivity index (χ0) is 12.1. The van der Waals surface area contributed by atoms with Gasteiger partial charge in [-0.25, -0.2) is 0 Å². The predicted octanol–water partition coefficient (Wildman–Crippen LogP) is 3.84. The molecule has 1 aromatic carbocycles. The lowest BCUT2D eigenvalue weighted by Gasteiger charge is -2.29. The Hall–Kier alpha value is -1.20. The van der Waals surface area contributed by atoms with E-state index in [1.54, 1.807) is 6.07 Å². The third kappa shape index (κ3) is 2.68. The van der Waals surface area contributed by atoms with E-state index in [0.29, 0.717) is 16.6 Å². The van der Waals surface area contributed by atoms with E-state index in [1.807, 2.05) is 12.1 Å². The lowest BCUT2D eigenvalue weighted by Crippen LogP contribution is -2.32. The summed E-state index contributed by atoms with van der Waals surface area (Å²) in [5.41, 5.74) is 1.62. The van der Waals surface area contributed by atoms with Crippen LogP contribution in [0.1, 0.15) is 32.8 Å². The SMILES string of the molecule is CCC(C)N(CC)c1ccc(C#N)c(Cl)c1. The quantitative estimate of drug-likeness (QED) is 0.794. The summed E-state index contributed by atoms with van der Waals surface area (Å²) in [6.07, 6.45) is 1.09. The molecule has 3 heteroatoms. The molecule has 0 radical (unpaired) electrons. The highest BCUT2D eigenvalue weighted by molar-refractivity contribution is 6.32. The molecule has 1 unspecified atom stereocenters. The van der Waals surface area contributed by atoms with E-state index in [0.717, 1.165) is 18.7 Å². The van der Waals surface area contributed by atoms with Gasteiger partial charge in [-0.05, 0) is 38.5 Å². The Kier molecular flexibility index (Phi) is 4.64. The molecular weight excluding hydrogens is 220 g/mol. The number of nitriles is 1. The predicted molar refractivity (Wildman–Crippen MR) is 68.9 cm³/mol. The van der Waals surface area contributed by atoms with Gasteiger partial charge in [0, 0.05) is 18.3 Å². The Bertz CT molecular complexity index is 395. The summed E-state index contributed by atoms with van der Waals surface area (Å²) >= 11 is 6.03. The summed E-state index contributed by atoms with van der Waals surface area (Å²) in [5.74, 6) is 0. The molecule has 1 rings (SSSR count). The van der Waals surface area contributed by atoms with E-state index in [9.17, 15) is 0 Å². The zero-order valence-corrected chi connectivity index (χ0v) is 10.8. The summed E-state index contributed by atoms with van der Waals surface area (Å²) in [4.78, 5) is 2.28. The lowest BCUT2D eigenvalue weighted by molar-refractivity contribution is 0.630. The Morgan fingerprint density at radius 1 is 1.44 bits per heavy atom. The molecule has 0 bridgehead atoms. The van der Waals surface area contributed by atoms with Gasteiger partial charge in [0.25, 0.3) is 0 Å². The normalized spacial score (nSPS) is 11.9. The minimum atomic E-state index is 0.481. The summed E-state index contributed by atoms with van der Waals surface area (Å²) in [7, 11) is 0. The van der Waals surface area contributed by atoms with Crippen LogP contribution in [0.5, 0.6) is 0 Å². The van der Waals surface area contributed by atoms with Crippen LogP contribution in [-0.4, -0.2) is 12.6 Å². The average molecular weight is 237 g/mol. The number of benzene rings is 1. The van der Waals surface area contributed by atoms with E-state index < -0.39 is 0 Å². The van der Waals surface area contributed by atoms with Crippen molar-refractivity contribution in [1.29, 1.82) is 5.26 Å². The molecule has 0 aromatic heterocycles. The van der Waals surface area contributed by atoms with Crippen LogP contribution in [0.15, 0.2) is 18.2 Å². The number of hydrogen-bond acceptors (Lipinski definition) is 2. The minimum Gasteiger partial charge on any atom is -0.369 e. The summed E-state index contributed by atoms with van der Waals surface area (Å²) in [6, 6.07) is 8.16. The van der Waals surface area contributed by atoms with Gasteiger partial charge < -0.3 is 4.90 Å². The van der Waals surface area contributed by atoms with Crippen molar-refractivity contribution in [1.82, 2.24) is 0 Å². The van der Waals surface area contributed by atoms with E-state index in [-0.39, 0.29) is 0 Å². The number of halogens is 1. The first-order valence-electron chi connectivity index (χ1n) is 5.60. The lowest BCUT2D eigenvalue weighted by atomic mass is 10.1. The zero-order valence-electron chi connectivity index (χ0n) is 10.00. The van der Waals surface area contributed by atoms with Gasteiger partial charge in [0.05, 0.1) is 10.6 Å². The fourth-order valence-electron chi connectivity index (χ4n) is 1.74. The highest BCUT2D eigenvalue weighted by Crippen LogP contribution is 2.25. The van der Waals surface area contributed by atoms with Crippen molar-refractivity contribution in [2.75, 3.05) is 11.4 Å². The maximum Gasteiger partial charge on any atom is 0.101 e. The van der Waals surface area contributed by atoms with Crippen molar-refractivity contribution in [2.24, 2.45) is 0 Å². The van der Waals surface area contributed by atoms with Gasteiger partial charge >= 0.3 is 0 Å². The Balaban J connectivity index is 3.04. The molecule has 1 aromatic rings. The smallest absolute Gasteiger partial charge is 0.101 e. The fraction of sp³-hybridized carbons (Fsp3) is 0.462. The van der Waals surface area contributed by atoms with Gasteiger partial charge in [0.1, 0.15) is 6.07 Å². The van der Waals surface area contributed by atoms with Crippen LogP contribution in [0.4, 0.5) is 5.69 Å². The first kappa shape index (κ1) is 12.9. The van der Waals surface area contributed by atoms with Gasteiger partial charge in [-0.2, -0.15) is 5.26 Å². The second kappa shape index (κ2) is 5.77. The van der Waals surface area contributed by atoms with Crippen LogP contribution in [0.25, 0.3) is 0 Å². The molecule has 2 nitrogen and oxygen atoms in total. The van der Waals surface area contributed by atoms with Crippen molar-refractivity contribution in [2.45, 2.75) is 33.2 Å². The molecule has 0 saturated heterocycles. The second-order valence-electron chi connectivity index (χ2n) is 3.82. The average Bonchev–Trinajstić information content (AvgIpc) is 2.30. The number of anilines is 1. The van der Waals surface area contributed by atoms with Crippen LogP contribution in [0.2, 0.25) is 5.02 Å². The van der Waals surface area contributed by atoms with Gasteiger partial charge in [-0.3, -0.25) is 0 Å². The molecule has 16 heavy (non-hydrogen) atoms. The standard InChI is InChI=1S/C13H17ClN2/c1-4-10(3)16(5-2)12-7-6-11(9-15)13(14)8-12/h6-8,10H,4-5H2,1-3H3. The van der Waals surface area contributed by atoms with Gasteiger partial charge in [0.2, 0.25) is 0 Å². The molecule has 1 atom stereocenters. The summed E-state index contributed by atoms with van der Waals surface area (Å²) < 4.78 is 0. The first-order chi connectivity index (χ1) is 7.63. The fourth-order valence-corrected chi connectivity index (χ4v) is 1.96. The Morgan fingerprint density at radius 2 is 2.12 bits per heavy atom. The molecule has 0 amide bonds. The van der Waals surface area contributed by atoms with Crippen molar-refractivity contribution >= 4 is 17.3 Å². The summed E-state index contributed by atoms with van der Waals surface area (Å²) in [6.45, 7) is 7.42. The third-order valence-electron chi connectivity index (χ3n) is 2.87. The second-order valence-corrected chi connectivity index (χ2v) is 4.23. The van der Waals surface area contributed by atoms with Crippen LogP contribution in [0.3, 0.4) is 0 Å². The largest absolute Gasteiger partial charge is 0.369 e. The maximum atomic E-state index is 8.81. The van der Waals surface area contributed by atoms with Crippen molar-refractivity contribution in [3.05, 3.63) is 28.8 Å². The molecule has 0 heterocycles. The van der Waals surface area contributed by atoms with Crippen LogP contribution >= 0.6 is 11.6 Å². The van der Waals surface area contributed by atoms with E-state index in [4.69, 9.17) is 16.9 Å². The monoisotopic (exact) mass is 236 g/mol. The Labute approximate surface area is 102 Å². The highest BCUT2D eigenvalue weighted by Gasteiger charge is 2.12. The van der Waals surface area contributed by atoms with E-state index >= 15 is 0 Å². The molecule has 0 aliphatic heterocycles. The van der Waals surface area contributed by atoms with Crippen LogP contribution in [0, 0.1) is 11.3 Å². The van der Waals surface area contributed by atoms with Gasteiger partial charge in [-0.1, -0.05) is 18.5 Å². The summed E-state index contributed by atoms with van der Waals surface area (Å²) in [5, 5.41) is 9.34. The van der Waals surface area contributed by atoms with Crippen LogP contribution in [-0.2, 0) is 0 Å². The maximum absolute atomic E-state index is 8.81. The number of rotatable bonds is 4. The molecule has 0 aliphatic rings. The van der Waals surface area contributed by atoms with Crippen molar-refractivity contribution < 1.29 is 0 Å². The van der Waals surface area contributed by atoms with Crippen LogP contribution < -0.4 is 4.90 Å². The topological polar surface area (TPSA) is 27.0 Å². The first-order valence-corrected chi connectivity index (χ1v) is 5.98. The molecule has 0 spiro atoms. The highest BCUT2D eigenvalue weighted by atomic mass is 35.5. The molecule has 0 aliphatic carbocycles. The van der Waals surface area contributed by atoms with Crippen molar-refractivity contribution in [3.8, 4) is 6.07 Å². The molecule has 86 valence electrons. The van der Waals surface area contributed by atoms with E-state index in [1.165, 1.54) is 0 Å². The number of nitrogens with zero attached hydrogens (tertiary/aromatic N) is 2. The van der Waals surface area contributed by atoms with E-state index in [2.05, 4.69) is 31.7 Å². The van der Waals surface area contributed by atoms with Crippen molar-refractivity contribution in [3.63, 3.8) is 0 Å². The minimum absolute atomic E-state index is 0.481. The molecule has 0 fully saturated rings. The van der Waals surface area contributed by atoms with Gasteiger partial charge in [0.15, 0.2) is 0 Å². The molecular formula is C13H17ClN2. The molecule has 0 N–H and O–H groups in total. The third-order valence-corrected chi connectivity index (χ3v) is 3.18. The Morgan fingerprint density at radius 3 is 2.56 bits per heavy atom. The number of hydrogen-bond donors (Lipinski definition) is 0. The molecule has 0 saturated carbocycles. The van der Waals surface area contributed by atoms with Gasteiger partial charge in [-0.15, -0.1) is 0 Å².